The highest BCUT2D eigenvalue weighted by atomic mass is 16.5. The molecular formula is C15H26O. The fourth-order valence-corrected chi connectivity index (χ4v) is 1.71. The topological polar surface area (TPSA) is 9.23 Å². The first kappa shape index (κ1) is 15.2. The Balaban J connectivity index is 0.00000106. The fourth-order valence-electron chi connectivity index (χ4n) is 1.71. The summed E-state index contributed by atoms with van der Waals surface area (Å²) in [7, 11) is 1.75. The van der Waals surface area contributed by atoms with Crippen molar-refractivity contribution in [2.45, 2.75) is 53.6 Å². The van der Waals surface area contributed by atoms with Gasteiger partial charge in [-0.2, -0.15) is 0 Å². The third-order valence-electron chi connectivity index (χ3n) is 2.82. The average molecular weight is 222 g/mol. The molecule has 0 heterocycles. The minimum atomic E-state index is 0.200. The number of methoxy groups -OCH3 is 1. The second kappa shape index (κ2) is 8.35. The van der Waals surface area contributed by atoms with Crippen molar-refractivity contribution < 1.29 is 4.74 Å². The number of hydrogen-bond acceptors (Lipinski definition) is 1. The molecule has 0 aliphatic heterocycles. The van der Waals surface area contributed by atoms with Crippen LogP contribution in [0, 0.1) is 0 Å². The molecule has 0 bridgehead atoms. The largest absolute Gasteiger partial charge is 0.377 e. The average Bonchev–Trinajstić information content (AvgIpc) is 2.39. The summed E-state index contributed by atoms with van der Waals surface area (Å²) in [6.07, 6.45) is 2.42. The summed E-state index contributed by atoms with van der Waals surface area (Å²) in [5.74, 6) is 0. The highest BCUT2D eigenvalue weighted by molar-refractivity contribution is 5.33. The van der Waals surface area contributed by atoms with E-state index in [-0.39, 0.29) is 6.10 Å². The molecule has 0 radical (unpaired) electrons. The van der Waals surface area contributed by atoms with E-state index in [9.17, 15) is 0 Å². The Bertz CT molecular complexity index is 291. The minimum Gasteiger partial charge on any atom is -0.377 e. The lowest BCUT2D eigenvalue weighted by atomic mass is 9.98. The van der Waals surface area contributed by atoms with Crippen LogP contribution in [0.1, 0.15) is 57.4 Å². The highest BCUT2D eigenvalue weighted by Crippen LogP contribution is 2.20. The second-order valence-corrected chi connectivity index (χ2v) is 3.61. The number of rotatable bonds is 4. The van der Waals surface area contributed by atoms with Gasteiger partial charge in [0.05, 0.1) is 6.10 Å². The molecule has 0 aliphatic rings. The van der Waals surface area contributed by atoms with Crippen LogP contribution < -0.4 is 0 Å². The van der Waals surface area contributed by atoms with Gasteiger partial charge >= 0.3 is 0 Å². The van der Waals surface area contributed by atoms with Gasteiger partial charge in [-0.25, -0.2) is 0 Å². The first-order valence-electron chi connectivity index (χ1n) is 6.37. The molecule has 0 spiro atoms. The van der Waals surface area contributed by atoms with E-state index in [1.54, 1.807) is 7.11 Å². The Hall–Kier alpha value is -0.820. The summed E-state index contributed by atoms with van der Waals surface area (Å²) < 4.78 is 5.31. The van der Waals surface area contributed by atoms with Gasteiger partial charge in [0.2, 0.25) is 0 Å². The van der Waals surface area contributed by atoms with Gasteiger partial charge in [-0.15, -0.1) is 0 Å². The SMILES string of the molecule is CC.CCc1ccc(C(C)OC)cc1CC. The first-order chi connectivity index (χ1) is 7.72. The summed E-state index contributed by atoms with van der Waals surface area (Å²) in [4.78, 5) is 0. The minimum absolute atomic E-state index is 0.200. The van der Waals surface area contributed by atoms with Gasteiger partial charge in [0.1, 0.15) is 0 Å². The Morgan fingerprint density at radius 3 is 2.06 bits per heavy atom. The van der Waals surface area contributed by atoms with E-state index < -0.39 is 0 Å². The Kier molecular flexibility index (Phi) is 7.92. The molecule has 0 fully saturated rings. The van der Waals surface area contributed by atoms with Gasteiger partial charge < -0.3 is 4.74 Å². The van der Waals surface area contributed by atoms with E-state index in [0.29, 0.717) is 0 Å². The van der Waals surface area contributed by atoms with Gasteiger partial charge in [-0.3, -0.25) is 0 Å². The van der Waals surface area contributed by atoms with Gasteiger partial charge in [0.15, 0.2) is 0 Å². The molecule has 1 unspecified atom stereocenters. The maximum atomic E-state index is 5.31. The van der Waals surface area contributed by atoms with Crippen LogP contribution in [0.3, 0.4) is 0 Å². The molecule has 16 heavy (non-hydrogen) atoms. The first-order valence-corrected chi connectivity index (χ1v) is 6.37. The third-order valence-corrected chi connectivity index (χ3v) is 2.82. The maximum absolute atomic E-state index is 5.31. The number of benzene rings is 1. The molecule has 1 atom stereocenters. The van der Waals surface area contributed by atoms with Crippen LogP contribution in [0.5, 0.6) is 0 Å². The van der Waals surface area contributed by atoms with Crippen molar-refractivity contribution in [1.82, 2.24) is 0 Å². The van der Waals surface area contributed by atoms with Crippen molar-refractivity contribution in [3.05, 3.63) is 34.9 Å². The fraction of sp³-hybridized carbons (Fsp3) is 0.600. The van der Waals surface area contributed by atoms with Gasteiger partial charge in [-0.05, 0) is 36.5 Å². The van der Waals surface area contributed by atoms with E-state index in [4.69, 9.17) is 4.74 Å². The lowest BCUT2D eigenvalue weighted by molar-refractivity contribution is 0.119. The van der Waals surface area contributed by atoms with Crippen LogP contribution in [-0.4, -0.2) is 7.11 Å². The standard InChI is InChI=1S/C13H20O.C2H6/c1-5-11-7-8-13(10(3)14-4)9-12(11)6-2;1-2/h7-10H,5-6H2,1-4H3;1-2H3. The predicted molar refractivity (Wildman–Crippen MR) is 72.0 cm³/mol. The number of hydrogen-bond donors (Lipinski definition) is 0. The van der Waals surface area contributed by atoms with Crippen LogP contribution in [0.25, 0.3) is 0 Å². The van der Waals surface area contributed by atoms with E-state index in [1.807, 2.05) is 13.8 Å². The summed E-state index contributed by atoms with van der Waals surface area (Å²) in [6.45, 7) is 10.5. The maximum Gasteiger partial charge on any atom is 0.0793 e. The molecule has 0 aliphatic carbocycles. The van der Waals surface area contributed by atoms with Crippen LogP contribution in [0.4, 0.5) is 0 Å². The van der Waals surface area contributed by atoms with Crippen molar-refractivity contribution in [3.8, 4) is 0 Å². The molecule has 0 N–H and O–H groups in total. The van der Waals surface area contributed by atoms with Crippen molar-refractivity contribution in [2.24, 2.45) is 0 Å². The zero-order valence-corrected chi connectivity index (χ0v) is 11.6. The van der Waals surface area contributed by atoms with Crippen molar-refractivity contribution >= 4 is 0 Å². The third kappa shape index (κ3) is 3.97. The van der Waals surface area contributed by atoms with E-state index in [0.717, 1.165) is 12.8 Å². The van der Waals surface area contributed by atoms with E-state index in [1.165, 1.54) is 16.7 Å². The molecule has 1 aromatic carbocycles. The zero-order chi connectivity index (χ0) is 12.6. The molecule has 1 nitrogen and oxygen atoms in total. The van der Waals surface area contributed by atoms with Gasteiger partial charge in [0.25, 0.3) is 0 Å². The van der Waals surface area contributed by atoms with E-state index >= 15 is 0 Å². The molecular weight excluding hydrogens is 196 g/mol. The molecule has 1 aromatic rings. The van der Waals surface area contributed by atoms with Crippen LogP contribution in [-0.2, 0) is 17.6 Å². The Morgan fingerprint density at radius 2 is 1.62 bits per heavy atom. The lowest BCUT2D eigenvalue weighted by Crippen LogP contribution is -1.99. The summed E-state index contributed by atoms with van der Waals surface area (Å²) in [6, 6.07) is 6.67. The molecule has 0 amide bonds. The number of aryl methyl sites for hydroxylation is 2. The molecule has 0 saturated carbocycles. The lowest BCUT2D eigenvalue weighted by Gasteiger charge is -2.13. The molecule has 0 aromatic heterocycles. The zero-order valence-electron chi connectivity index (χ0n) is 11.6. The Morgan fingerprint density at radius 1 is 1.06 bits per heavy atom. The highest BCUT2D eigenvalue weighted by Gasteiger charge is 2.06. The molecule has 1 heteroatoms. The van der Waals surface area contributed by atoms with Crippen LogP contribution >= 0.6 is 0 Å². The quantitative estimate of drug-likeness (QED) is 0.726. The van der Waals surface area contributed by atoms with Gasteiger partial charge in [0, 0.05) is 7.11 Å². The molecule has 92 valence electrons. The molecule has 0 saturated heterocycles. The van der Waals surface area contributed by atoms with E-state index in [2.05, 4.69) is 39.0 Å². The summed E-state index contributed by atoms with van der Waals surface area (Å²) in [5, 5.41) is 0. The summed E-state index contributed by atoms with van der Waals surface area (Å²) >= 11 is 0. The molecule has 1 rings (SSSR count). The van der Waals surface area contributed by atoms with Crippen molar-refractivity contribution in [3.63, 3.8) is 0 Å². The number of ether oxygens (including phenoxy) is 1. The predicted octanol–water partition coefficient (Wildman–Crippen LogP) is 4.55. The van der Waals surface area contributed by atoms with Crippen molar-refractivity contribution in [2.75, 3.05) is 7.11 Å². The normalized spacial score (nSPS) is 11.6. The second-order valence-electron chi connectivity index (χ2n) is 3.61. The Labute approximate surface area is 101 Å². The van der Waals surface area contributed by atoms with Crippen LogP contribution in [0.15, 0.2) is 18.2 Å². The van der Waals surface area contributed by atoms with Gasteiger partial charge in [-0.1, -0.05) is 45.9 Å². The smallest absolute Gasteiger partial charge is 0.0793 e. The summed E-state index contributed by atoms with van der Waals surface area (Å²) in [5.41, 5.74) is 4.19. The van der Waals surface area contributed by atoms with Crippen molar-refractivity contribution in [1.29, 1.82) is 0 Å². The van der Waals surface area contributed by atoms with Crippen LogP contribution in [0.2, 0.25) is 0 Å². The monoisotopic (exact) mass is 222 g/mol.